The van der Waals surface area contributed by atoms with Gasteiger partial charge in [0.1, 0.15) is 11.9 Å². The summed E-state index contributed by atoms with van der Waals surface area (Å²) in [7, 11) is -1.34. The van der Waals surface area contributed by atoms with Crippen molar-refractivity contribution in [3.63, 3.8) is 0 Å². The van der Waals surface area contributed by atoms with Crippen molar-refractivity contribution in [3.8, 4) is 0 Å². The van der Waals surface area contributed by atoms with Crippen LogP contribution in [0.25, 0.3) is 0 Å². The van der Waals surface area contributed by atoms with E-state index in [0.717, 1.165) is 23.9 Å². The Bertz CT molecular complexity index is 1230. The van der Waals surface area contributed by atoms with Gasteiger partial charge in [0.15, 0.2) is 0 Å². The number of benzene rings is 1. The zero-order valence-electron chi connectivity index (χ0n) is 25.9. The second-order valence-corrected chi connectivity index (χ2v) is 16.6. The minimum atomic E-state index is -1.34. The van der Waals surface area contributed by atoms with Gasteiger partial charge in [0.25, 0.3) is 8.38 Å². The van der Waals surface area contributed by atoms with Gasteiger partial charge in [-0.3, -0.25) is 0 Å². The highest BCUT2D eigenvalue weighted by atomic mass is 31.2. The summed E-state index contributed by atoms with van der Waals surface area (Å²) >= 11 is 0. The van der Waals surface area contributed by atoms with Gasteiger partial charge in [-0.2, -0.15) is 0 Å². The third-order valence-electron chi connectivity index (χ3n) is 7.79. The Morgan fingerprint density at radius 2 is 1.32 bits per heavy atom. The molecule has 1 aromatic rings. The highest BCUT2D eigenvalue weighted by molar-refractivity contribution is 7.56. The van der Waals surface area contributed by atoms with Crippen molar-refractivity contribution < 1.29 is 9.05 Å². The second kappa shape index (κ2) is 9.94. The monoisotopic (exact) mass is 532 g/mol. The highest BCUT2D eigenvalue weighted by Gasteiger charge is 2.42. The molecule has 3 heteroatoms. The van der Waals surface area contributed by atoms with E-state index in [-0.39, 0.29) is 27.8 Å². The van der Waals surface area contributed by atoms with Crippen LogP contribution in [0.5, 0.6) is 0 Å². The summed E-state index contributed by atoms with van der Waals surface area (Å²) in [6, 6.07) is 10.5. The number of hydrogen-bond acceptors (Lipinski definition) is 2. The molecule has 2 unspecified atom stereocenters. The van der Waals surface area contributed by atoms with Crippen LogP contribution in [-0.4, -0.2) is 6.10 Å². The highest BCUT2D eigenvalue weighted by Crippen LogP contribution is 2.56. The number of hydrogen-bond donors (Lipinski definition) is 0. The second-order valence-electron chi connectivity index (χ2n) is 15.2. The predicted molar refractivity (Wildman–Crippen MR) is 164 cm³/mol. The molecule has 38 heavy (non-hydrogen) atoms. The minimum absolute atomic E-state index is 0.0376. The Kier molecular flexibility index (Phi) is 7.61. The van der Waals surface area contributed by atoms with Gasteiger partial charge in [0.2, 0.25) is 0 Å². The maximum Gasteiger partial charge on any atom is 0.265 e. The maximum absolute atomic E-state index is 7.17. The molecule has 0 saturated heterocycles. The molecule has 1 heterocycles. The molecule has 0 spiro atoms. The molecule has 0 bridgehead atoms. The van der Waals surface area contributed by atoms with E-state index in [9.17, 15) is 0 Å². The Morgan fingerprint density at radius 1 is 0.684 bits per heavy atom. The van der Waals surface area contributed by atoms with E-state index in [4.69, 9.17) is 9.05 Å². The summed E-state index contributed by atoms with van der Waals surface area (Å²) in [4.78, 5) is 0. The predicted octanol–water partition coefficient (Wildman–Crippen LogP) is 10.4. The van der Waals surface area contributed by atoms with Crippen LogP contribution in [0.4, 0.5) is 0 Å². The van der Waals surface area contributed by atoms with E-state index < -0.39 is 8.38 Å². The van der Waals surface area contributed by atoms with Gasteiger partial charge in [0.05, 0.1) is 0 Å². The third kappa shape index (κ3) is 5.97. The van der Waals surface area contributed by atoms with E-state index in [0.29, 0.717) is 0 Å². The topological polar surface area (TPSA) is 18.5 Å². The molecular formula is C35H49O2P. The lowest BCUT2D eigenvalue weighted by Crippen LogP contribution is -2.33. The first kappa shape index (κ1) is 29.1. The van der Waals surface area contributed by atoms with Crippen LogP contribution in [-0.2, 0) is 9.05 Å². The molecule has 0 amide bonds. The Labute approximate surface area is 233 Å². The van der Waals surface area contributed by atoms with Crippen LogP contribution >= 0.6 is 8.38 Å². The average Bonchev–Trinajstić information content (AvgIpc) is 2.77. The fourth-order valence-electron chi connectivity index (χ4n) is 5.37. The molecule has 1 aromatic carbocycles. The SMILES string of the molecule is CC(C)(C)C1=C/C2=C3\CCC(C(C)(C)C)=CC3=C(C(C)(C)C)OP(c3ccccc3)OC2C(C(C)(C)C)=C1. The fraction of sp³-hybridized carbons (Fsp3) is 0.543. The van der Waals surface area contributed by atoms with E-state index >= 15 is 0 Å². The third-order valence-corrected chi connectivity index (χ3v) is 9.26. The van der Waals surface area contributed by atoms with Crippen molar-refractivity contribution >= 4 is 13.7 Å². The first-order chi connectivity index (χ1) is 17.4. The lowest BCUT2D eigenvalue weighted by molar-refractivity contribution is 0.209. The number of fused-ring (bicyclic) bond motifs is 2. The van der Waals surface area contributed by atoms with Crippen LogP contribution in [0.15, 0.2) is 87.8 Å². The molecule has 0 aromatic heterocycles. The van der Waals surface area contributed by atoms with Gasteiger partial charge >= 0.3 is 0 Å². The van der Waals surface area contributed by atoms with Crippen LogP contribution in [0, 0.1) is 21.7 Å². The van der Waals surface area contributed by atoms with Crippen LogP contribution < -0.4 is 5.30 Å². The summed E-state index contributed by atoms with van der Waals surface area (Å²) in [6.07, 6.45) is 9.27. The zero-order valence-corrected chi connectivity index (χ0v) is 26.8. The maximum atomic E-state index is 7.17. The van der Waals surface area contributed by atoms with E-state index in [1.54, 1.807) is 0 Å². The van der Waals surface area contributed by atoms with E-state index in [1.807, 2.05) is 0 Å². The largest absolute Gasteiger partial charge is 0.447 e. The van der Waals surface area contributed by atoms with Crippen molar-refractivity contribution in [1.82, 2.24) is 0 Å². The first-order valence-corrected chi connectivity index (χ1v) is 15.4. The van der Waals surface area contributed by atoms with Crippen molar-refractivity contribution in [2.45, 2.75) is 102 Å². The first-order valence-electron chi connectivity index (χ1n) is 14.2. The number of allylic oxidation sites excluding steroid dienone is 7. The Morgan fingerprint density at radius 3 is 1.84 bits per heavy atom. The molecule has 2 atom stereocenters. The molecule has 0 saturated carbocycles. The molecule has 3 aliphatic rings. The Hall–Kier alpha value is -1.89. The average molecular weight is 533 g/mol. The summed E-state index contributed by atoms with van der Waals surface area (Å²) in [5.41, 5.74) is 8.14. The summed E-state index contributed by atoms with van der Waals surface area (Å²) in [5.74, 6) is 1.05. The molecule has 1 aliphatic heterocycles. The summed E-state index contributed by atoms with van der Waals surface area (Å²) in [6.45, 7) is 27.7. The number of rotatable bonds is 1. The van der Waals surface area contributed by atoms with Crippen LogP contribution in [0.1, 0.15) is 95.9 Å². The molecule has 2 nitrogen and oxygen atoms in total. The van der Waals surface area contributed by atoms with Gasteiger partial charge < -0.3 is 9.05 Å². The van der Waals surface area contributed by atoms with Gasteiger partial charge in [-0.05, 0) is 63.5 Å². The van der Waals surface area contributed by atoms with Crippen molar-refractivity contribution in [1.29, 1.82) is 0 Å². The molecular weight excluding hydrogens is 483 g/mol. The molecule has 2 aliphatic carbocycles. The van der Waals surface area contributed by atoms with Gasteiger partial charge in [0, 0.05) is 16.3 Å². The molecule has 0 fully saturated rings. The molecule has 0 N–H and O–H groups in total. The summed E-state index contributed by atoms with van der Waals surface area (Å²) in [5, 5.41) is 1.11. The fourth-order valence-corrected chi connectivity index (χ4v) is 7.02. The van der Waals surface area contributed by atoms with Crippen molar-refractivity contribution in [2.24, 2.45) is 21.7 Å². The lowest BCUT2D eigenvalue weighted by atomic mass is 9.69. The van der Waals surface area contributed by atoms with Gasteiger partial charge in [-0.25, -0.2) is 0 Å². The molecule has 0 radical (unpaired) electrons. The van der Waals surface area contributed by atoms with E-state index in [1.165, 1.54) is 33.4 Å². The van der Waals surface area contributed by atoms with Crippen LogP contribution in [0.2, 0.25) is 0 Å². The van der Waals surface area contributed by atoms with Crippen molar-refractivity contribution in [3.05, 3.63) is 87.8 Å². The zero-order chi connectivity index (χ0) is 28.3. The molecule has 206 valence electrons. The normalized spacial score (nSPS) is 25.3. The smallest absolute Gasteiger partial charge is 0.265 e. The van der Waals surface area contributed by atoms with E-state index in [2.05, 4.69) is 132 Å². The lowest BCUT2D eigenvalue weighted by Gasteiger charge is -2.43. The minimum Gasteiger partial charge on any atom is -0.447 e. The van der Waals surface area contributed by atoms with Crippen molar-refractivity contribution in [2.75, 3.05) is 0 Å². The quantitative estimate of drug-likeness (QED) is 0.335. The van der Waals surface area contributed by atoms with Gasteiger partial charge in [-0.1, -0.05) is 125 Å². The van der Waals surface area contributed by atoms with Gasteiger partial charge in [-0.15, -0.1) is 0 Å². The standard InChI is InChI=1S/C35H49O2P/c1-32(2,3)23-18-19-26-27-21-24(33(4,5)6)22-29(34(7,8)9)30(27)36-38(25-16-14-13-15-17-25)37-31(28(26)20-23)35(10,11)12/h13-17,20-22,30H,18-19H2,1-12H3/b27-26-,31-28?. The Balaban J connectivity index is 2.10. The summed E-state index contributed by atoms with van der Waals surface area (Å²) < 4.78 is 14.2. The van der Waals surface area contributed by atoms with Crippen LogP contribution in [0.3, 0.4) is 0 Å². The molecule has 4 rings (SSSR count).